The quantitative estimate of drug-likeness (QED) is 0.469. The third kappa shape index (κ3) is 5.30. The molecule has 4 rings (SSSR count). The van der Waals surface area contributed by atoms with Gasteiger partial charge in [-0.3, -0.25) is 19.9 Å². The van der Waals surface area contributed by atoms with E-state index in [4.69, 9.17) is 10.5 Å². The van der Waals surface area contributed by atoms with E-state index in [-0.39, 0.29) is 5.91 Å². The Bertz CT molecular complexity index is 1370. The summed E-state index contributed by atoms with van der Waals surface area (Å²) < 4.78 is 8.02. The van der Waals surface area contributed by atoms with Gasteiger partial charge in [-0.25, -0.2) is 4.98 Å². The van der Waals surface area contributed by atoms with E-state index >= 15 is 0 Å². The second kappa shape index (κ2) is 10.9. The number of aromatic nitrogens is 2. The molecule has 36 heavy (non-hydrogen) atoms. The third-order valence-electron chi connectivity index (χ3n) is 6.01. The molecule has 1 aliphatic rings. The Morgan fingerprint density at radius 1 is 1.31 bits per heavy atom. The number of hydrogen-bond acceptors (Lipinski definition) is 6. The fourth-order valence-electron chi connectivity index (χ4n) is 4.27. The summed E-state index contributed by atoms with van der Waals surface area (Å²) in [5.74, 6) is 0.348. The summed E-state index contributed by atoms with van der Waals surface area (Å²) in [6.07, 6.45) is 4.27. The maximum Gasteiger partial charge on any atom is 0.258 e. The summed E-state index contributed by atoms with van der Waals surface area (Å²) in [5, 5.41) is 5.69. The van der Waals surface area contributed by atoms with Gasteiger partial charge in [0.25, 0.3) is 5.91 Å². The maximum absolute atomic E-state index is 13.5. The Hall–Kier alpha value is -4.40. The van der Waals surface area contributed by atoms with Crippen LogP contribution in [0, 0.1) is 5.92 Å². The fourth-order valence-corrected chi connectivity index (χ4v) is 4.27. The Kier molecular flexibility index (Phi) is 7.48. The number of nitrogens with zero attached hydrogens (tertiary/aromatic N) is 3. The molecule has 0 radical (unpaired) electrons. The normalized spacial score (nSPS) is 19.1. The van der Waals surface area contributed by atoms with Crippen LogP contribution in [-0.2, 0) is 16.1 Å². The standard InChI is InChI=1S/C27H30N6O3/c1-4-24(34)30-20-13-18-12-19(14-20)25(35)32-27-31-22-9-5-6-10-23(22)33(27)16-17(2)8-7-11-36-26(29-3)21(18)15-28/h4-6,9-10,12-15,17H,1,7-8,11,16,28H2,2-3H3,(H,30,34)(H,31,32,35)/b21-15-,29-26?. The van der Waals surface area contributed by atoms with Crippen LogP contribution >= 0.6 is 0 Å². The van der Waals surface area contributed by atoms with Crippen molar-refractivity contribution in [2.75, 3.05) is 24.3 Å². The highest BCUT2D eigenvalue weighted by atomic mass is 16.5. The Labute approximate surface area is 209 Å². The zero-order valence-electron chi connectivity index (χ0n) is 20.5. The van der Waals surface area contributed by atoms with E-state index in [1.165, 1.54) is 6.20 Å². The number of imidazole rings is 1. The number of carbonyl (C=O) groups is 2. The molecule has 1 atom stereocenters. The van der Waals surface area contributed by atoms with E-state index in [0.717, 1.165) is 30.0 Å². The SMILES string of the molecule is C=CC(=O)Nc1cc2cc(c1)/C(=C/N)C(=NC)OCCCC(C)Cn1c(nc3ccccc31)NC2=O. The van der Waals surface area contributed by atoms with Gasteiger partial charge in [0, 0.05) is 31.0 Å². The smallest absolute Gasteiger partial charge is 0.258 e. The van der Waals surface area contributed by atoms with Crippen LogP contribution in [0.4, 0.5) is 11.6 Å². The predicted molar refractivity (Wildman–Crippen MR) is 143 cm³/mol. The highest BCUT2D eigenvalue weighted by molar-refractivity contribution is 6.20. The van der Waals surface area contributed by atoms with E-state index in [9.17, 15) is 9.59 Å². The highest BCUT2D eigenvalue weighted by Gasteiger charge is 2.20. The number of nitrogens with two attached hydrogens (primary N) is 1. The van der Waals surface area contributed by atoms with Gasteiger partial charge < -0.3 is 20.4 Å². The molecule has 4 N–H and O–H groups in total. The number of amides is 2. The molecule has 186 valence electrons. The lowest BCUT2D eigenvalue weighted by atomic mass is 10.0. The van der Waals surface area contributed by atoms with Crippen molar-refractivity contribution in [2.24, 2.45) is 16.6 Å². The van der Waals surface area contributed by atoms with Crippen molar-refractivity contribution in [3.8, 4) is 0 Å². The molecular weight excluding hydrogens is 456 g/mol. The molecule has 2 aromatic carbocycles. The second-order valence-electron chi connectivity index (χ2n) is 8.69. The van der Waals surface area contributed by atoms with Crippen molar-refractivity contribution in [3.63, 3.8) is 0 Å². The molecule has 0 saturated heterocycles. The van der Waals surface area contributed by atoms with Crippen molar-refractivity contribution >= 4 is 46.0 Å². The van der Waals surface area contributed by atoms with E-state index in [0.29, 0.717) is 53.3 Å². The molecule has 2 heterocycles. The van der Waals surface area contributed by atoms with E-state index < -0.39 is 5.91 Å². The van der Waals surface area contributed by atoms with Gasteiger partial charge in [0.05, 0.1) is 23.2 Å². The second-order valence-corrected chi connectivity index (χ2v) is 8.69. The molecule has 0 spiro atoms. The van der Waals surface area contributed by atoms with E-state index in [1.54, 1.807) is 25.2 Å². The van der Waals surface area contributed by atoms with Crippen molar-refractivity contribution in [3.05, 3.63) is 72.4 Å². The number of fused-ring (bicyclic) bond motifs is 5. The van der Waals surface area contributed by atoms with Crippen LogP contribution in [0.2, 0.25) is 0 Å². The number of anilines is 2. The number of rotatable bonds is 2. The van der Waals surface area contributed by atoms with Crippen molar-refractivity contribution in [1.82, 2.24) is 9.55 Å². The van der Waals surface area contributed by atoms with Gasteiger partial charge >= 0.3 is 0 Å². The number of aliphatic imine (C=N–C) groups is 1. The number of benzene rings is 2. The lowest BCUT2D eigenvalue weighted by Crippen LogP contribution is -2.18. The first kappa shape index (κ1) is 24.7. The monoisotopic (exact) mass is 486 g/mol. The Morgan fingerprint density at radius 3 is 2.83 bits per heavy atom. The maximum atomic E-state index is 13.5. The summed E-state index contributed by atoms with van der Waals surface area (Å²) in [5.41, 5.74) is 9.51. The van der Waals surface area contributed by atoms with Gasteiger partial charge in [-0.1, -0.05) is 25.6 Å². The number of ether oxygens (including phenoxy) is 1. The summed E-state index contributed by atoms with van der Waals surface area (Å²) in [6, 6.07) is 12.8. The van der Waals surface area contributed by atoms with Gasteiger partial charge in [-0.15, -0.1) is 0 Å². The number of para-hydroxylation sites is 2. The predicted octanol–water partition coefficient (Wildman–Crippen LogP) is 4.19. The summed E-state index contributed by atoms with van der Waals surface area (Å²) in [7, 11) is 1.62. The van der Waals surface area contributed by atoms with Gasteiger partial charge in [-0.2, -0.15) is 0 Å². The topological polar surface area (TPSA) is 124 Å². The molecule has 0 aliphatic carbocycles. The molecule has 1 unspecified atom stereocenters. The number of carbonyl (C=O) groups excluding carboxylic acids is 2. The molecule has 9 heteroatoms. The van der Waals surface area contributed by atoms with Crippen molar-refractivity contribution in [2.45, 2.75) is 26.3 Å². The Morgan fingerprint density at radius 2 is 2.08 bits per heavy atom. The van der Waals surface area contributed by atoms with Gasteiger partial charge in [-0.05, 0) is 60.7 Å². The molecule has 9 nitrogen and oxygen atoms in total. The third-order valence-corrected chi connectivity index (χ3v) is 6.01. The summed E-state index contributed by atoms with van der Waals surface area (Å²) in [4.78, 5) is 34.5. The molecule has 1 aliphatic heterocycles. The number of hydrogen-bond donors (Lipinski definition) is 3. The minimum absolute atomic E-state index is 0.306. The summed E-state index contributed by atoms with van der Waals surface area (Å²) >= 11 is 0. The van der Waals surface area contributed by atoms with Gasteiger partial charge in [0.15, 0.2) is 0 Å². The van der Waals surface area contributed by atoms with Gasteiger partial charge in [0.1, 0.15) is 0 Å². The molecule has 0 saturated carbocycles. The largest absolute Gasteiger partial charge is 0.477 e. The van der Waals surface area contributed by atoms with Crippen LogP contribution in [0.3, 0.4) is 0 Å². The molecule has 2 bridgehead atoms. The first-order valence-corrected chi connectivity index (χ1v) is 11.8. The van der Waals surface area contributed by atoms with Crippen LogP contribution in [0.15, 0.2) is 66.3 Å². The molecule has 0 fully saturated rings. The highest BCUT2D eigenvalue weighted by Crippen LogP contribution is 2.27. The molecule has 1 aromatic heterocycles. The molecule has 2 amide bonds. The van der Waals surface area contributed by atoms with Crippen LogP contribution in [0.25, 0.3) is 16.6 Å². The van der Waals surface area contributed by atoms with Crippen LogP contribution in [0.1, 0.15) is 35.7 Å². The zero-order valence-corrected chi connectivity index (χ0v) is 20.5. The van der Waals surface area contributed by atoms with Crippen molar-refractivity contribution < 1.29 is 14.3 Å². The van der Waals surface area contributed by atoms with Crippen LogP contribution < -0.4 is 16.4 Å². The molecular formula is C27H30N6O3. The zero-order chi connectivity index (χ0) is 25.7. The van der Waals surface area contributed by atoms with E-state index in [1.807, 2.05) is 28.8 Å². The minimum atomic E-state index is -0.404. The first-order chi connectivity index (χ1) is 17.4. The molecule has 3 aromatic rings. The van der Waals surface area contributed by atoms with Crippen LogP contribution in [0.5, 0.6) is 0 Å². The lowest BCUT2D eigenvalue weighted by Gasteiger charge is -2.16. The van der Waals surface area contributed by atoms with Crippen LogP contribution in [-0.4, -0.2) is 40.9 Å². The average Bonchev–Trinajstić information content (AvgIpc) is 3.21. The summed E-state index contributed by atoms with van der Waals surface area (Å²) in [6.45, 7) is 6.80. The Balaban J connectivity index is 1.84. The average molecular weight is 487 g/mol. The number of nitrogens with one attached hydrogen (secondary N) is 2. The lowest BCUT2D eigenvalue weighted by molar-refractivity contribution is -0.111. The van der Waals surface area contributed by atoms with E-state index in [2.05, 4.69) is 34.1 Å². The van der Waals surface area contributed by atoms with Crippen molar-refractivity contribution in [1.29, 1.82) is 0 Å². The van der Waals surface area contributed by atoms with Gasteiger partial charge in [0.2, 0.25) is 17.8 Å². The fraction of sp³-hybridized carbons (Fsp3) is 0.259. The first-order valence-electron chi connectivity index (χ1n) is 11.8. The minimum Gasteiger partial charge on any atom is -0.477 e.